The minimum absolute atomic E-state index is 0.687. The molecule has 0 radical (unpaired) electrons. The molecule has 3 heteroatoms. The third kappa shape index (κ3) is 2.94. The van der Waals surface area contributed by atoms with Crippen molar-refractivity contribution in [3.63, 3.8) is 0 Å². The largest absolute Gasteiger partial charge is 0.457 e. The van der Waals surface area contributed by atoms with Crippen molar-refractivity contribution in [1.82, 2.24) is 0 Å². The van der Waals surface area contributed by atoms with Crippen LogP contribution >= 0.6 is 15.9 Å². The fourth-order valence-corrected chi connectivity index (χ4v) is 1.89. The van der Waals surface area contributed by atoms with E-state index in [0.29, 0.717) is 5.56 Å². The zero-order chi connectivity index (χ0) is 12.3. The summed E-state index contributed by atoms with van der Waals surface area (Å²) in [6.45, 7) is 1.89. The first-order chi connectivity index (χ1) is 8.19. The first-order valence-corrected chi connectivity index (χ1v) is 5.97. The molecule has 0 aliphatic heterocycles. The van der Waals surface area contributed by atoms with E-state index in [2.05, 4.69) is 15.9 Å². The molecule has 0 N–H and O–H groups in total. The third-order valence-electron chi connectivity index (χ3n) is 2.40. The zero-order valence-electron chi connectivity index (χ0n) is 9.31. The Morgan fingerprint density at radius 1 is 1.12 bits per heavy atom. The number of rotatable bonds is 3. The van der Waals surface area contributed by atoms with Crippen LogP contribution in [0.15, 0.2) is 46.9 Å². The molecular weight excluding hydrogens is 280 g/mol. The molecular formula is C14H11BrO2. The van der Waals surface area contributed by atoms with E-state index in [1.165, 1.54) is 0 Å². The molecule has 0 aliphatic carbocycles. The van der Waals surface area contributed by atoms with E-state index in [4.69, 9.17) is 4.74 Å². The average Bonchev–Trinajstić information content (AvgIpc) is 2.29. The second-order valence-electron chi connectivity index (χ2n) is 3.70. The molecule has 0 bridgehead atoms. The fourth-order valence-electron chi connectivity index (χ4n) is 1.51. The van der Waals surface area contributed by atoms with Crippen LogP contribution in [0.3, 0.4) is 0 Å². The van der Waals surface area contributed by atoms with Gasteiger partial charge in [0.05, 0.1) is 0 Å². The molecule has 2 aromatic carbocycles. The monoisotopic (exact) mass is 290 g/mol. The van der Waals surface area contributed by atoms with E-state index in [9.17, 15) is 4.79 Å². The third-order valence-corrected chi connectivity index (χ3v) is 2.89. The van der Waals surface area contributed by atoms with Gasteiger partial charge in [-0.1, -0.05) is 22.0 Å². The van der Waals surface area contributed by atoms with Crippen molar-refractivity contribution in [1.29, 1.82) is 0 Å². The van der Waals surface area contributed by atoms with Crippen molar-refractivity contribution in [2.24, 2.45) is 0 Å². The van der Waals surface area contributed by atoms with E-state index in [1.807, 2.05) is 37.3 Å². The molecule has 0 saturated carbocycles. The Labute approximate surface area is 108 Å². The lowest BCUT2D eigenvalue weighted by Crippen LogP contribution is -1.89. The van der Waals surface area contributed by atoms with Gasteiger partial charge in [-0.15, -0.1) is 0 Å². The Balaban J connectivity index is 2.24. The summed E-state index contributed by atoms with van der Waals surface area (Å²) >= 11 is 3.39. The Bertz CT molecular complexity index is 550. The fraction of sp³-hybridized carbons (Fsp3) is 0.0714. The van der Waals surface area contributed by atoms with Crippen LogP contribution in [0.5, 0.6) is 11.5 Å². The molecule has 0 atom stereocenters. The van der Waals surface area contributed by atoms with E-state index >= 15 is 0 Å². The normalized spacial score (nSPS) is 10.0. The Hall–Kier alpha value is -1.61. The standard InChI is InChI=1S/C14H11BrO2/c1-10-7-14(6-5-11(10)9-16)17-13-4-2-3-12(15)8-13/h2-9H,1H3. The first kappa shape index (κ1) is 11.9. The maximum atomic E-state index is 10.7. The highest BCUT2D eigenvalue weighted by Gasteiger charge is 2.01. The van der Waals surface area contributed by atoms with E-state index < -0.39 is 0 Å². The van der Waals surface area contributed by atoms with Crippen LogP contribution in [0.1, 0.15) is 15.9 Å². The highest BCUT2D eigenvalue weighted by atomic mass is 79.9. The second-order valence-corrected chi connectivity index (χ2v) is 4.61. The molecule has 2 rings (SSSR count). The summed E-state index contributed by atoms with van der Waals surface area (Å²) in [6.07, 6.45) is 0.845. The van der Waals surface area contributed by atoms with Crippen molar-refractivity contribution in [3.05, 3.63) is 58.1 Å². The lowest BCUT2D eigenvalue weighted by atomic mass is 10.1. The van der Waals surface area contributed by atoms with Crippen LogP contribution in [-0.2, 0) is 0 Å². The van der Waals surface area contributed by atoms with Crippen LogP contribution in [0, 0.1) is 6.92 Å². The Morgan fingerprint density at radius 3 is 2.53 bits per heavy atom. The summed E-state index contributed by atoms with van der Waals surface area (Å²) in [7, 11) is 0. The van der Waals surface area contributed by atoms with Crippen LogP contribution in [0.25, 0.3) is 0 Å². The highest BCUT2D eigenvalue weighted by Crippen LogP contribution is 2.25. The van der Waals surface area contributed by atoms with Gasteiger partial charge in [0.15, 0.2) is 0 Å². The number of halogens is 1. The lowest BCUT2D eigenvalue weighted by Gasteiger charge is -2.07. The molecule has 0 unspecified atom stereocenters. The number of hydrogen-bond donors (Lipinski definition) is 0. The van der Waals surface area contributed by atoms with Crippen LogP contribution in [0.2, 0.25) is 0 Å². The van der Waals surface area contributed by atoms with Gasteiger partial charge in [0, 0.05) is 10.0 Å². The zero-order valence-corrected chi connectivity index (χ0v) is 10.9. The van der Waals surface area contributed by atoms with Gasteiger partial charge < -0.3 is 4.74 Å². The predicted molar refractivity (Wildman–Crippen MR) is 70.8 cm³/mol. The lowest BCUT2D eigenvalue weighted by molar-refractivity contribution is 0.112. The van der Waals surface area contributed by atoms with E-state index in [1.54, 1.807) is 12.1 Å². The van der Waals surface area contributed by atoms with Crippen molar-refractivity contribution in [2.75, 3.05) is 0 Å². The number of ether oxygens (including phenoxy) is 1. The van der Waals surface area contributed by atoms with Gasteiger partial charge in [0.25, 0.3) is 0 Å². The van der Waals surface area contributed by atoms with Crippen molar-refractivity contribution < 1.29 is 9.53 Å². The molecule has 0 spiro atoms. The van der Waals surface area contributed by atoms with Gasteiger partial charge >= 0.3 is 0 Å². The van der Waals surface area contributed by atoms with Crippen LogP contribution in [0.4, 0.5) is 0 Å². The summed E-state index contributed by atoms with van der Waals surface area (Å²) in [5.74, 6) is 1.49. The molecule has 0 aliphatic rings. The SMILES string of the molecule is Cc1cc(Oc2cccc(Br)c2)ccc1C=O. The molecule has 0 aromatic heterocycles. The van der Waals surface area contributed by atoms with Gasteiger partial charge in [-0.25, -0.2) is 0 Å². The minimum Gasteiger partial charge on any atom is -0.457 e. The van der Waals surface area contributed by atoms with Crippen molar-refractivity contribution in [3.8, 4) is 11.5 Å². The number of carbonyl (C=O) groups excluding carboxylic acids is 1. The predicted octanol–water partition coefficient (Wildman–Crippen LogP) is 4.36. The molecule has 0 fully saturated rings. The van der Waals surface area contributed by atoms with Crippen molar-refractivity contribution in [2.45, 2.75) is 6.92 Å². The van der Waals surface area contributed by atoms with Crippen LogP contribution in [-0.4, -0.2) is 6.29 Å². The van der Waals surface area contributed by atoms with Gasteiger partial charge in [-0.05, 0) is 48.9 Å². The van der Waals surface area contributed by atoms with Crippen molar-refractivity contribution >= 4 is 22.2 Å². The van der Waals surface area contributed by atoms with Gasteiger partial charge in [0.2, 0.25) is 0 Å². The first-order valence-electron chi connectivity index (χ1n) is 5.18. The Kier molecular flexibility index (Phi) is 3.59. The van der Waals surface area contributed by atoms with E-state index in [0.717, 1.165) is 27.8 Å². The maximum Gasteiger partial charge on any atom is 0.150 e. The maximum absolute atomic E-state index is 10.7. The average molecular weight is 291 g/mol. The number of aryl methyl sites for hydroxylation is 1. The molecule has 2 aromatic rings. The number of carbonyl (C=O) groups is 1. The summed E-state index contributed by atoms with van der Waals surface area (Å²) in [6, 6.07) is 13.0. The smallest absolute Gasteiger partial charge is 0.150 e. The van der Waals surface area contributed by atoms with Crippen LogP contribution < -0.4 is 4.74 Å². The quantitative estimate of drug-likeness (QED) is 0.785. The Morgan fingerprint density at radius 2 is 1.88 bits per heavy atom. The van der Waals surface area contributed by atoms with Gasteiger partial charge in [-0.3, -0.25) is 4.79 Å². The number of aldehydes is 1. The van der Waals surface area contributed by atoms with E-state index in [-0.39, 0.29) is 0 Å². The minimum atomic E-state index is 0.687. The summed E-state index contributed by atoms with van der Waals surface area (Å²) in [5, 5.41) is 0. The second kappa shape index (κ2) is 5.15. The molecule has 0 heterocycles. The molecule has 0 saturated heterocycles. The number of hydrogen-bond acceptors (Lipinski definition) is 2. The summed E-state index contributed by atoms with van der Waals surface area (Å²) in [4.78, 5) is 10.7. The topological polar surface area (TPSA) is 26.3 Å². The molecule has 2 nitrogen and oxygen atoms in total. The highest BCUT2D eigenvalue weighted by molar-refractivity contribution is 9.10. The number of benzene rings is 2. The molecule has 86 valence electrons. The summed E-state index contributed by atoms with van der Waals surface area (Å²) < 4.78 is 6.66. The molecule has 17 heavy (non-hydrogen) atoms. The van der Waals surface area contributed by atoms with Gasteiger partial charge in [0.1, 0.15) is 17.8 Å². The molecule has 0 amide bonds. The summed E-state index contributed by atoms with van der Waals surface area (Å²) in [5.41, 5.74) is 1.60. The van der Waals surface area contributed by atoms with Gasteiger partial charge in [-0.2, -0.15) is 0 Å².